The number of aliphatic hydroxyl groups excluding tert-OH is 1. The first-order valence-corrected chi connectivity index (χ1v) is 30.3. The van der Waals surface area contributed by atoms with E-state index in [2.05, 4.69) is 27.7 Å². The van der Waals surface area contributed by atoms with Gasteiger partial charge in [-0.05, 0) is 25.7 Å². The highest BCUT2D eigenvalue weighted by atomic mass is 31.2. The smallest absolute Gasteiger partial charge is 0.462 e. The number of carbonyl (C=O) groups excluding carboxylic acids is 4. The number of hydrogen-bond donors (Lipinski definition) is 3. The Kier molecular flexibility index (Phi) is 45.5. The van der Waals surface area contributed by atoms with Crippen LogP contribution in [0.4, 0.5) is 0 Å². The van der Waals surface area contributed by atoms with Gasteiger partial charge < -0.3 is 33.8 Å². The fourth-order valence-corrected chi connectivity index (χ4v) is 8.91. The van der Waals surface area contributed by atoms with E-state index in [0.29, 0.717) is 25.7 Å². The first-order chi connectivity index (χ1) is 33.7. The van der Waals surface area contributed by atoms with Gasteiger partial charge in [0.2, 0.25) is 0 Å². The predicted molar refractivity (Wildman–Crippen MR) is 271 cm³/mol. The van der Waals surface area contributed by atoms with Crippen LogP contribution in [0.3, 0.4) is 0 Å². The molecule has 0 aliphatic heterocycles. The van der Waals surface area contributed by atoms with Gasteiger partial charge in [-0.3, -0.25) is 37.3 Å². The van der Waals surface area contributed by atoms with Crippen molar-refractivity contribution in [2.45, 2.75) is 264 Å². The maximum atomic E-state index is 12.8. The third-order valence-electron chi connectivity index (χ3n) is 11.6. The summed E-state index contributed by atoms with van der Waals surface area (Å²) in [5, 5.41) is 10.4. The molecule has 2 unspecified atom stereocenters. The van der Waals surface area contributed by atoms with Crippen LogP contribution in [0, 0.1) is 0 Å². The molecule has 0 aromatic heterocycles. The van der Waals surface area contributed by atoms with Crippen LogP contribution < -0.4 is 0 Å². The molecule has 414 valence electrons. The topological polar surface area (TPSA) is 237 Å². The zero-order valence-corrected chi connectivity index (χ0v) is 45.8. The zero-order valence-electron chi connectivity index (χ0n) is 44.0. The Balaban J connectivity index is 5.18. The lowest BCUT2D eigenvalue weighted by molar-refractivity contribution is -0.161. The minimum Gasteiger partial charge on any atom is -0.462 e. The SMILES string of the molecule is CCCCCCCCCCC(=O)OC[C@H](COP(=O)(O)OC[C@@H](O)COP(=O)(O)OC[C@@H](COC(=O)CCCCCCCCC)OC(=O)CCCCCCCCC)OC(=O)CCCCCCCCCC. The summed E-state index contributed by atoms with van der Waals surface area (Å²) in [6, 6.07) is 0. The van der Waals surface area contributed by atoms with Gasteiger partial charge in [-0.25, -0.2) is 9.13 Å². The Morgan fingerprint density at radius 1 is 0.343 bits per heavy atom. The highest BCUT2D eigenvalue weighted by Gasteiger charge is 2.30. The Bertz CT molecular complexity index is 1390. The minimum absolute atomic E-state index is 0.103. The summed E-state index contributed by atoms with van der Waals surface area (Å²) in [6.07, 6.45) is 27.0. The van der Waals surface area contributed by atoms with Gasteiger partial charge in [-0.2, -0.15) is 0 Å². The first-order valence-electron chi connectivity index (χ1n) is 27.3. The lowest BCUT2D eigenvalue weighted by atomic mass is 10.1. The largest absolute Gasteiger partial charge is 0.472 e. The third-order valence-corrected chi connectivity index (χ3v) is 13.5. The summed E-state index contributed by atoms with van der Waals surface area (Å²) in [5.41, 5.74) is 0. The molecule has 0 amide bonds. The number of esters is 4. The molecule has 70 heavy (non-hydrogen) atoms. The molecule has 0 saturated carbocycles. The van der Waals surface area contributed by atoms with Gasteiger partial charge in [-0.1, -0.05) is 195 Å². The van der Waals surface area contributed by atoms with E-state index in [1.807, 2.05) is 0 Å². The van der Waals surface area contributed by atoms with Crippen LogP contribution in [-0.4, -0.2) is 96.7 Å². The van der Waals surface area contributed by atoms with Gasteiger partial charge in [0.25, 0.3) is 0 Å². The normalized spacial score (nSPS) is 14.6. The average Bonchev–Trinajstić information content (AvgIpc) is 3.33. The number of rotatable bonds is 52. The summed E-state index contributed by atoms with van der Waals surface area (Å²) in [5.74, 6) is -2.17. The van der Waals surface area contributed by atoms with Gasteiger partial charge in [0, 0.05) is 25.7 Å². The molecule has 0 aliphatic rings. The van der Waals surface area contributed by atoms with Crippen molar-refractivity contribution in [3.05, 3.63) is 0 Å². The molecule has 0 fully saturated rings. The Hall–Kier alpha value is -1.94. The van der Waals surface area contributed by atoms with Gasteiger partial charge in [0.05, 0.1) is 26.4 Å². The minimum atomic E-state index is -4.92. The van der Waals surface area contributed by atoms with Gasteiger partial charge in [0.1, 0.15) is 19.3 Å². The average molecular weight is 1050 g/mol. The van der Waals surface area contributed by atoms with Gasteiger partial charge in [-0.15, -0.1) is 0 Å². The Morgan fingerprint density at radius 3 is 0.843 bits per heavy atom. The molecule has 0 aliphatic carbocycles. The molecule has 0 spiro atoms. The highest BCUT2D eigenvalue weighted by Crippen LogP contribution is 2.45. The monoisotopic (exact) mass is 1040 g/mol. The van der Waals surface area contributed by atoms with Crippen molar-refractivity contribution in [3.8, 4) is 0 Å². The Morgan fingerprint density at radius 2 is 0.571 bits per heavy atom. The fourth-order valence-electron chi connectivity index (χ4n) is 7.34. The van der Waals surface area contributed by atoms with E-state index >= 15 is 0 Å². The quantitative estimate of drug-likeness (QED) is 0.0222. The van der Waals surface area contributed by atoms with Crippen molar-refractivity contribution >= 4 is 39.5 Å². The van der Waals surface area contributed by atoms with Crippen LogP contribution in [0.2, 0.25) is 0 Å². The third kappa shape index (κ3) is 45.9. The van der Waals surface area contributed by atoms with Crippen molar-refractivity contribution in [3.63, 3.8) is 0 Å². The number of carbonyl (C=O) groups is 4. The van der Waals surface area contributed by atoms with Crippen molar-refractivity contribution in [1.82, 2.24) is 0 Å². The summed E-state index contributed by atoms with van der Waals surface area (Å²) in [4.78, 5) is 71.2. The number of phosphoric acid groups is 2. The zero-order chi connectivity index (χ0) is 52.0. The van der Waals surface area contributed by atoms with E-state index in [4.69, 9.17) is 37.0 Å². The van der Waals surface area contributed by atoms with E-state index in [9.17, 15) is 43.2 Å². The van der Waals surface area contributed by atoms with E-state index in [1.54, 1.807) is 0 Å². The van der Waals surface area contributed by atoms with E-state index < -0.39 is 97.5 Å². The van der Waals surface area contributed by atoms with Crippen molar-refractivity contribution < 1.29 is 80.2 Å². The van der Waals surface area contributed by atoms with Crippen LogP contribution in [0.15, 0.2) is 0 Å². The summed E-state index contributed by atoms with van der Waals surface area (Å²) < 4.78 is 67.1. The second-order valence-electron chi connectivity index (χ2n) is 18.6. The molecule has 3 N–H and O–H groups in total. The van der Waals surface area contributed by atoms with E-state index in [1.165, 1.54) is 38.5 Å². The highest BCUT2D eigenvalue weighted by molar-refractivity contribution is 7.47. The number of aliphatic hydroxyl groups is 1. The second-order valence-corrected chi connectivity index (χ2v) is 21.5. The molecule has 0 saturated heterocycles. The van der Waals surface area contributed by atoms with E-state index in [-0.39, 0.29) is 25.7 Å². The number of phosphoric ester groups is 2. The van der Waals surface area contributed by atoms with Crippen molar-refractivity contribution in [2.75, 3.05) is 39.6 Å². The molecular formula is C51H98O17P2. The molecule has 0 heterocycles. The summed E-state index contributed by atoms with van der Waals surface area (Å²) >= 11 is 0. The van der Waals surface area contributed by atoms with Crippen LogP contribution in [0.25, 0.3) is 0 Å². The molecule has 0 aromatic rings. The van der Waals surface area contributed by atoms with Crippen molar-refractivity contribution in [2.24, 2.45) is 0 Å². The molecule has 5 atom stereocenters. The van der Waals surface area contributed by atoms with Gasteiger partial charge in [0.15, 0.2) is 12.2 Å². The van der Waals surface area contributed by atoms with Gasteiger partial charge >= 0.3 is 39.5 Å². The lowest BCUT2D eigenvalue weighted by Crippen LogP contribution is -2.30. The maximum absolute atomic E-state index is 12.8. The Labute approximate surface area is 422 Å². The van der Waals surface area contributed by atoms with Crippen LogP contribution in [0.1, 0.15) is 246 Å². The van der Waals surface area contributed by atoms with Crippen LogP contribution in [0.5, 0.6) is 0 Å². The molecule has 0 radical (unpaired) electrons. The second kappa shape index (κ2) is 46.8. The van der Waals surface area contributed by atoms with Crippen molar-refractivity contribution in [1.29, 1.82) is 0 Å². The molecular weight excluding hydrogens is 946 g/mol. The molecule has 0 bridgehead atoms. The number of hydrogen-bond acceptors (Lipinski definition) is 15. The summed E-state index contributed by atoms with van der Waals surface area (Å²) in [7, 11) is -9.84. The lowest BCUT2D eigenvalue weighted by Gasteiger charge is -2.21. The fraction of sp³-hybridized carbons (Fsp3) is 0.922. The van der Waals surface area contributed by atoms with Crippen LogP contribution >= 0.6 is 15.6 Å². The van der Waals surface area contributed by atoms with Crippen LogP contribution in [-0.2, 0) is 65.4 Å². The first kappa shape index (κ1) is 68.1. The van der Waals surface area contributed by atoms with E-state index in [0.717, 1.165) is 128 Å². The number of unbranched alkanes of at least 4 members (excludes halogenated alkanes) is 26. The predicted octanol–water partition coefficient (Wildman–Crippen LogP) is 12.9. The molecule has 0 rings (SSSR count). The molecule has 19 heteroatoms. The maximum Gasteiger partial charge on any atom is 0.472 e. The standard InChI is InChI=1S/C51H98O17P2/c1-5-9-13-17-21-25-28-32-36-49(54)62-42-47(68-51(56)38-34-30-26-22-18-14-10-6-2)44-66-70(59,60)64-40-45(52)39-63-69(57,58)65-43-46(67-50(55)37-33-29-24-20-16-12-8-4)41-61-48(53)35-31-27-23-19-15-11-7-3/h45-47,52H,5-44H2,1-4H3,(H,57,58)(H,59,60)/t45-,46+,47+/m0/s1. The molecule has 0 aromatic carbocycles. The molecule has 17 nitrogen and oxygen atoms in total. The number of ether oxygens (including phenoxy) is 4. The summed E-state index contributed by atoms with van der Waals surface area (Å²) in [6.45, 7) is 4.65.